The first-order chi connectivity index (χ1) is 9.59. The summed E-state index contributed by atoms with van der Waals surface area (Å²) in [6, 6.07) is 9.82. The van der Waals surface area contributed by atoms with Gasteiger partial charge in [0.2, 0.25) is 0 Å². The SMILES string of the molecule is CC.CC1(C)CNCCC1C(=O)OCc1ccccc1. The van der Waals surface area contributed by atoms with E-state index < -0.39 is 0 Å². The smallest absolute Gasteiger partial charge is 0.309 e. The molecule has 0 radical (unpaired) electrons. The molecule has 20 heavy (non-hydrogen) atoms. The first kappa shape index (κ1) is 16.7. The monoisotopic (exact) mass is 277 g/mol. The van der Waals surface area contributed by atoms with E-state index in [0.717, 1.165) is 25.1 Å². The van der Waals surface area contributed by atoms with Crippen molar-refractivity contribution < 1.29 is 9.53 Å². The van der Waals surface area contributed by atoms with Crippen molar-refractivity contribution in [1.82, 2.24) is 5.32 Å². The van der Waals surface area contributed by atoms with Crippen LogP contribution < -0.4 is 5.32 Å². The molecule has 1 aromatic rings. The quantitative estimate of drug-likeness (QED) is 0.861. The zero-order valence-electron chi connectivity index (χ0n) is 13.1. The minimum Gasteiger partial charge on any atom is -0.461 e. The van der Waals surface area contributed by atoms with Crippen molar-refractivity contribution in [2.75, 3.05) is 13.1 Å². The van der Waals surface area contributed by atoms with Crippen molar-refractivity contribution in [3.63, 3.8) is 0 Å². The molecule has 3 heteroatoms. The molecule has 112 valence electrons. The Balaban J connectivity index is 0.000000956. The van der Waals surface area contributed by atoms with Crippen molar-refractivity contribution in [1.29, 1.82) is 0 Å². The summed E-state index contributed by atoms with van der Waals surface area (Å²) >= 11 is 0. The van der Waals surface area contributed by atoms with E-state index in [4.69, 9.17) is 4.74 Å². The summed E-state index contributed by atoms with van der Waals surface area (Å²) in [7, 11) is 0. The molecule has 1 saturated heterocycles. The van der Waals surface area contributed by atoms with Gasteiger partial charge in [-0.1, -0.05) is 58.0 Å². The van der Waals surface area contributed by atoms with Crippen LogP contribution in [0.4, 0.5) is 0 Å². The van der Waals surface area contributed by atoms with E-state index in [1.165, 1.54) is 0 Å². The summed E-state index contributed by atoms with van der Waals surface area (Å²) in [5.41, 5.74) is 1.02. The van der Waals surface area contributed by atoms with E-state index >= 15 is 0 Å². The van der Waals surface area contributed by atoms with Crippen molar-refractivity contribution in [3.8, 4) is 0 Å². The number of piperidine rings is 1. The Labute approximate surface area is 122 Å². The number of hydrogen-bond donors (Lipinski definition) is 1. The van der Waals surface area contributed by atoms with Crippen LogP contribution in [0.15, 0.2) is 30.3 Å². The van der Waals surface area contributed by atoms with Gasteiger partial charge in [-0.15, -0.1) is 0 Å². The van der Waals surface area contributed by atoms with Gasteiger partial charge < -0.3 is 10.1 Å². The summed E-state index contributed by atoms with van der Waals surface area (Å²) in [5, 5.41) is 3.33. The molecule has 0 spiro atoms. The second kappa shape index (κ2) is 8.05. The lowest BCUT2D eigenvalue weighted by Gasteiger charge is -2.37. The Morgan fingerprint density at radius 1 is 1.30 bits per heavy atom. The first-order valence-corrected chi connectivity index (χ1v) is 7.51. The Morgan fingerprint density at radius 3 is 2.55 bits per heavy atom. The van der Waals surface area contributed by atoms with Gasteiger partial charge in [-0.05, 0) is 23.9 Å². The van der Waals surface area contributed by atoms with Crippen LogP contribution in [0.25, 0.3) is 0 Å². The maximum Gasteiger partial charge on any atom is 0.309 e. The van der Waals surface area contributed by atoms with E-state index in [0.29, 0.717) is 6.61 Å². The summed E-state index contributed by atoms with van der Waals surface area (Å²) < 4.78 is 5.44. The highest BCUT2D eigenvalue weighted by Gasteiger charge is 2.38. The summed E-state index contributed by atoms with van der Waals surface area (Å²) in [4.78, 5) is 12.1. The summed E-state index contributed by atoms with van der Waals surface area (Å²) in [6.07, 6.45) is 0.862. The van der Waals surface area contributed by atoms with Gasteiger partial charge in [-0.3, -0.25) is 4.79 Å². The molecule has 1 aliphatic heterocycles. The number of carbonyl (C=O) groups excluding carboxylic acids is 1. The number of carbonyl (C=O) groups is 1. The van der Waals surface area contributed by atoms with Crippen LogP contribution in [0.3, 0.4) is 0 Å². The van der Waals surface area contributed by atoms with E-state index in [1.807, 2.05) is 44.2 Å². The van der Waals surface area contributed by atoms with Crippen LogP contribution in [0.5, 0.6) is 0 Å². The average molecular weight is 277 g/mol. The van der Waals surface area contributed by atoms with E-state index in [-0.39, 0.29) is 17.3 Å². The number of rotatable bonds is 3. The number of benzene rings is 1. The molecular weight excluding hydrogens is 250 g/mol. The largest absolute Gasteiger partial charge is 0.461 e. The maximum atomic E-state index is 12.1. The topological polar surface area (TPSA) is 38.3 Å². The molecule has 1 atom stereocenters. The molecule has 0 aromatic heterocycles. The zero-order valence-corrected chi connectivity index (χ0v) is 13.1. The zero-order chi connectivity index (χ0) is 15.0. The predicted molar refractivity (Wildman–Crippen MR) is 82.3 cm³/mol. The average Bonchev–Trinajstić information content (AvgIpc) is 2.47. The van der Waals surface area contributed by atoms with Gasteiger partial charge in [-0.2, -0.15) is 0 Å². The number of ether oxygens (including phenoxy) is 1. The molecule has 1 fully saturated rings. The minimum absolute atomic E-state index is 0.00228. The lowest BCUT2D eigenvalue weighted by molar-refractivity contribution is -0.155. The fraction of sp³-hybridized carbons (Fsp3) is 0.588. The van der Waals surface area contributed by atoms with Crippen LogP contribution >= 0.6 is 0 Å². The van der Waals surface area contributed by atoms with Gasteiger partial charge >= 0.3 is 5.97 Å². The summed E-state index contributed by atoms with van der Waals surface area (Å²) in [6.45, 7) is 10.4. The highest BCUT2D eigenvalue weighted by atomic mass is 16.5. The Bertz CT molecular complexity index is 401. The van der Waals surface area contributed by atoms with E-state index in [9.17, 15) is 4.79 Å². The third-order valence-corrected chi connectivity index (χ3v) is 3.64. The standard InChI is InChI=1S/C15H21NO2.C2H6/c1-15(2)11-16-9-8-13(15)14(17)18-10-12-6-4-3-5-7-12;1-2/h3-7,13,16H,8-11H2,1-2H3;1-2H3. The Morgan fingerprint density at radius 2 is 1.95 bits per heavy atom. The fourth-order valence-corrected chi connectivity index (χ4v) is 2.44. The third-order valence-electron chi connectivity index (χ3n) is 3.64. The third kappa shape index (κ3) is 4.64. The molecule has 2 rings (SSSR count). The van der Waals surface area contributed by atoms with Gasteiger partial charge in [0.1, 0.15) is 6.61 Å². The second-order valence-corrected chi connectivity index (χ2v) is 5.60. The summed E-state index contributed by atoms with van der Waals surface area (Å²) in [5.74, 6) is -0.0622. The van der Waals surface area contributed by atoms with E-state index in [2.05, 4.69) is 19.2 Å². The lowest BCUT2D eigenvalue weighted by atomic mass is 9.74. The molecule has 0 aliphatic carbocycles. The highest BCUT2D eigenvalue weighted by Crippen LogP contribution is 2.32. The van der Waals surface area contributed by atoms with Crippen LogP contribution in [0, 0.1) is 11.3 Å². The first-order valence-electron chi connectivity index (χ1n) is 7.51. The second-order valence-electron chi connectivity index (χ2n) is 5.60. The van der Waals surface area contributed by atoms with Crippen molar-refractivity contribution >= 4 is 5.97 Å². The minimum atomic E-state index is -0.0645. The Kier molecular flexibility index (Phi) is 6.73. The van der Waals surface area contributed by atoms with Crippen LogP contribution in [-0.4, -0.2) is 19.1 Å². The van der Waals surface area contributed by atoms with Crippen molar-refractivity contribution in [2.24, 2.45) is 11.3 Å². The van der Waals surface area contributed by atoms with Gasteiger partial charge in [0.25, 0.3) is 0 Å². The number of hydrogen-bond acceptors (Lipinski definition) is 3. The van der Waals surface area contributed by atoms with Crippen LogP contribution in [0.2, 0.25) is 0 Å². The van der Waals surface area contributed by atoms with Gasteiger partial charge in [0, 0.05) is 6.54 Å². The van der Waals surface area contributed by atoms with Gasteiger partial charge in [0.05, 0.1) is 5.92 Å². The number of esters is 1. The van der Waals surface area contributed by atoms with Crippen LogP contribution in [-0.2, 0) is 16.1 Å². The molecule has 3 nitrogen and oxygen atoms in total. The lowest BCUT2D eigenvalue weighted by Crippen LogP contribution is -2.46. The number of nitrogens with one attached hydrogen (secondary N) is 1. The molecule has 0 amide bonds. The molecule has 1 unspecified atom stereocenters. The molecule has 0 bridgehead atoms. The van der Waals surface area contributed by atoms with Crippen molar-refractivity contribution in [2.45, 2.75) is 40.7 Å². The van der Waals surface area contributed by atoms with Gasteiger partial charge in [-0.25, -0.2) is 0 Å². The van der Waals surface area contributed by atoms with Gasteiger partial charge in [0.15, 0.2) is 0 Å². The Hall–Kier alpha value is -1.35. The molecule has 0 saturated carbocycles. The molecule has 1 N–H and O–H groups in total. The molecule has 1 heterocycles. The fourth-order valence-electron chi connectivity index (χ4n) is 2.44. The molecule has 1 aliphatic rings. The normalized spacial score (nSPS) is 20.5. The maximum absolute atomic E-state index is 12.1. The molecular formula is C17H27NO2. The molecule has 1 aromatic carbocycles. The highest BCUT2D eigenvalue weighted by molar-refractivity contribution is 5.73. The van der Waals surface area contributed by atoms with Crippen molar-refractivity contribution in [3.05, 3.63) is 35.9 Å². The predicted octanol–water partition coefficient (Wildman–Crippen LogP) is 3.39. The van der Waals surface area contributed by atoms with E-state index in [1.54, 1.807) is 0 Å². The van der Waals surface area contributed by atoms with Crippen LogP contribution in [0.1, 0.15) is 39.7 Å².